The second kappa shape index (κ2) is 12.1. The second-order valence-electron chi connectivity index (χ2n) is 7.85. The summed E-state index contributed by atoms with van der Waals surface area (Å²) in [5, 5.41) is 12.2. The van der Waals surface area contributed by atoms with Gasteiger partial charge in [0.05, 0.1) is 16.3 Å². The smallest absolute Gasteiger partial charge is 0.272 e. The van der Waals surface area contributed by atoms with Crippen LogP contribution in [0.1, 0.15) is 56.1 Å². The lowest BCUT2D eigenvalue weighted by molar-refractivity contribution is 0.0946. The minimum atomic E-state index is -0.240. The molecule has 1 unspecified atom stereocenters. The molecule has 1 atom stereocenters. The number of halogens is 2. The molecule has 0 aliphatic heterocycles. The fourth-order valence-corrected chi connectivity index (χ4v) is 3.51. The molecule has 6 nitrogen and oxygen atoms in total. The van der Waals surface area contributed by atoms with Gasteiger partial charge in [-0.25, -0.2) is 0 Å². The number of aromatic nitrogens is 2. The maximum atomic E-state index is 13.1. The molecule has 0 spiro atoms. The van der Waals surface area contributed by atoms with E-state index in [1.807, 2.05) is 18.2 Å². The van der Waals surface area contributed by atoms with E-state index in [1.54, 1.807) is 35.0 Å². The SMILES string of the molecule is CCCCNC(=O)c1nn(-c2ccccc2Cl)c(Oc2ccc(Cl)cc2)c1CNC(C)CC. The Labute approximate surface area is 205 Å². The fourth-order valence-electron chi connectivity index (χ4n) is 3.17. The van der Waals surface area contributed by atoms with Crippen LogP contribution in [0.5, 0.6) is 11.6 Å². The minimum absolute atomic E-state index is 0.240. The third-order valence-corrected chi connectivity index (χ3v) is 5.89. The second-order valence-corrected chi connectivity index (χ2v) is 8.69. The Bertz CT molecular complexity index is 1070. The van der Waals surface area contributed by atoms with Gasteiger partial charge in [0.25, 0.3) is 5.91 Å². The Hall–Kier alpha value is -2.54. The molecule has 1 heterocycles. The number of rotatable bonds is 11. The van der Waals surface area contributed by atoms with Gasteiger partial charge in [0.2, 0.25) is 5.88 Å². The molecule has 1 amide bonds. The van der Waals surface area contributed by atoms with E-state index >= 15 is 0 Å². The van der Waals surface area contributed by atoms with Gasteiger partial charge in [-0.2, -0.15) is 9.78 Å². The molecule has 0 bridgehead atoms. The third kappa shape index (κ3) is 6.50. The van der Waals surface area contributed by atoms with E-state index in [0.29, 0.717) is 51.7 Å². The lowest BCUT2D eigenvalue weighted by Crippen LogP contribution is -2.28. The highest BCUT2D eigenvalue weighted by atomic mass is 35.5. The Morgan fingerprint density at radius 3 is 2.52 bits per heavy atom. The lowest BCUT2D eigenvalue weighted by Gasteiger charge is -2.15. The summed E-state index contributed by atoms with van der Waals surface area (Å²) in [4.78, 5) is 13.1. The highest BCUT2D eigenvalue weighted by Crippen LogP contribution is 2.33. The van der Waals surface area contributed by atoms with Gasteiger partial charge in [-0.1, -0.05) is 55.6 Å². The number of nitrogens with zero attached hydrogens (tertiary/aromatic N) is 2. The highest BCUT2D eigenvalue weighted by molar-refractivity contribution is 6.32. The molecular formula is C25H30Cl2N4O2. The van der Waals surface area contributed by atoms with E-state index in [-0.39, 0.29) is 11.9 Å². The predicted octanol–water partition coefficient (Wildman–Crippen LogP) is 6.39. The van der Waals surface area contributed by atoms with Crippen molar-refractivity contribution in [3.63, 3.8) is 0 Å². The summed E-state index contributed by atoms with van der Waals surface area (Å²) < 4.78 is 7.89. The van der Waals surface area contributed by atoms with Gasteiger partial charge in [0.15, 0.2) is 5.69 Å². The summed E-state index contributed by atoms with van der Waals surface area (Å²) in [5.41, 5.74) is 1.60. The summed E-state index contributed by atoms with van der Waals surface area (Å²) >= 11 is 12.5. The van der Waals surface area contributed by atoms with E-state index in [0.717, 1.165) is 19.3 Å². The van der Waals surface area contributed by atoms with Gasteiger partial charge >= 0.3 is 0 Å². The van der Waals surface area contributed by atoms with Crippen LogP contribution >= 0.6 is 23.2 Å². The summed E-state index contributed by atoms with van der Waals surface area (Å²) in [6.07, 6.45) is 2.83. The first-order chi connectivity index (χ1) is 15.9. The van der Waals surface area contributed by atoms with Crippen LogP contribution in [0, 0.1) is 0 Å². The summed E-state index contributed by atoms with van der Waals surface area (Å²) in [5.74, 6) is 0.772. The Kier molecular flexibility index (Phi) is 9.18. The summed E-state index contributed by atoms with van der Waals surface area (Å²) in [7, 11) is 0. The van der Waals surface area contributed by atoms with Crippen molar-refractivity contribution in [1.82, 2.24) is 20.4 Å². The van der Waals surface area contributed by atoms with Gasteiger partial charge in [-0.05, 0) is 56.2 Å². The van der Waals surface area contributed by atoms with E-state index in [1.165, 1.54) is 0 Å². The predicted molar refractivity (Wildman–Crippen MR) is 134 cm³/mol. The molecule has 1 aromatic heterocycles. The number of ether oxygens (including phenoxy) is 1. The number of hydrogen-bond donors (Lipinski definition) is 2. The zero-order chi connectivity index (χ0) is 23.8. The van der Waals surface area contributed by atoms with Crippen molar-refractivity contribution in [1.29, 1.82) is 0 Å². The van der Waals surface area contributed by atoms with Gasteiger partial charge in [-0.3, -0.25) is 4.79 Å². The van der Waals surface area contributed by atoms with E-state index in [2.05, 4.69) is 36.5 Å². The number of carbonyl (C=O) groups is 1. The maximum absolute atomic E-state index is 13.1. The summed E-state index contributed by atoms with van der Waals surface area (Å²) in [6.45, 7) is 7.28. The first-order valence-electron chi connectivity index (χ1n) is 11.3. The van der Waals surface area contributed by atoms with Crippen molar-refractivity contribution in [2.75, 3.05) is 6.54 Å². The number of carbonyl (C=O) groups excluding carboxylic acids is 1. The Balaban J connectivity index is 2.12. The molecule has 0 aliphatic carbocycles. The van der Waals surface area contributed by atoms with E-state index < -0.39 is 0 Å². The largest absolute Gasteiger partial charge is 0.439 e. The van der Waals surface area contributed by atoms with E-state index in [4.69, 9.17) is 27.9 Å². The monoisotopic (exact) mass is 488 g/mol. The molecule has 0 aliphatic rings. The number of benzene rings is 2. The van der Waals surface area contributed by atoms with Crippen LogP contribution in [0.2, 0.25) is 10.0 Å². The lowest BCUT2D eigenvalue weighted by atomic mass is 10.2. The van der Waals surface area contributed by atoms with Crippen LogP contribution in [0.25, 0.3) is 5.69 Å². The molecule has 2 N–H and O–H groups in total. The standard InChI is InChI=1S/C25H30Cl2N4O2/c1-4-6-15-28-24(32)23-20(16-29-17(3)5-2)25(33-19-13-11-18(26)12-14-19)31(30-23)22-10-8-7-9-21(22)27/h7-14,17,29H,4-6,15-16H2,1-3H3,(H,28,32). The van der Waals surface area contributed by atoms with Gasteiger partial charge in [0, 0.05) is 24.2 Å². The maximum Gasteiger partial charge on any atom is 0.272 e. The third-order valence-electron chi connectivity index (χ3n) is 5.32. The normalized spacial score (nSPS) is 11.9. The molecule has 2 aromatic carbocycles. The number of hydrogen-bond acceptors (Lipinski definition) is 4. The van der Waals surface area contributed by atoms with Crippen LogP contribution in [0.4, 0.5) is 0 Å². The number of nitrogens with one attached hydrogen (secondary N) is 2. The highest BCUT2D eigenvalue weighted by Gasteiger charge is 2.26. The average Bonchev–Trinajstić information content (AvgIpc) is 3.17. The van der Waals surface area contributed by atoms with Crippen LogP contribution in [0.15, 0.2) is 48.5 Å². The molecule has 33 heavy (non-hydrogen) atoms. The average molecular weight is 489 g/mol. The minimum Gasteiger partial charge on any atom is -0.439 e. The quantitative estimate of drug-likeness (QED) is 0.306. The molecule has 176 valence electrons. The van der Waals surface area contributed by atoms with Crippen molar-refractivity contribution >= 4 is 29.1 Å². The topological polar surface area (TPSA) is 68.2 Å². The molecule has 0 radical (unpaired) electrons. The van der Waals surface area contributed by atoms with Crippen LogP contribution < -0.4 is 15.4 Å². The first-order valence-corrected chi connectivity index (χ1v) is 12.0. The first kappa shape index (κ1) is 25.1. The number of amides is 1. The van der Waals surface area contributed by atoms with Crippen LogP contribution in [-0.2, 0) is 6.54 Å². The molecule has 0 saturated heterocycles. The molecular weight excluding hydrogens is 459 g/mol. The van der Waals surface area contributed by atoms with Crippen molar-refractivity contribution in [2.24, 2.45) is 0 Å². The zero-order valence-electron chi connectivity index (χ0n) is 19.2. The Morgan fingerprint density at radius 1 is 1.12 bits per heavy atom. The molecule has 8 heteroatoms. The summed E-state index contributed by atoms with van der Waals surface area (Å²) in [6, 6.07) is 14.7. The molecule has 0 fully saturated rings. The molecule has 3 rings (SSSR count). The van der Waals surface area contributed by atoms with Gasteiger partial charge in [-0.15, -0.1) is 0 Å². The Morgan fingerprint density at radius 2 is 1.85 bits per heavy atom. The molecule has 3 aromatic rings. The van der Waals surface area contributed by atoms with Crippen LogP contribution in [0.3, 0.4) is 0 Å². The zero-order valence-corrected chi connectivity index (χ0v) is 20.7. The fraction of sp³-hybridized carbons (Fsp3) is 0.360. The van der Waals surface area contributed by atoms with Crippen molar-refractivity contribution in [2.45, 2.75) is 52.6 Å². The molecule has 0 saturated carbocycles. The number of para-hydroxylation sites is 1. The van der Waals surface area contributed by atoms with E-state index in [9.17, 15) is 4.79 Å². The van der Waals surface area contributed by atoms with Gasteiger partial charge in [0.1, 0.15) is 5.75 Å². The van der Waals surface area contributed by atoms with Gasteiger partial charge < -0.3 is 15.4 Å². The number of unbranched alkanes of at least 4 members (excludes halogenated alkanes) is 1. The van der Waals surface area contributed by atoms with Crippen molar-refractivity contribution in [3.05, 3.63) is 69.8 Å². The van der Waals surface area contributed by atoms with Crippen LogP contribution in [-0.4, -0.2) is 28.3 Å². The van der Waals surface area contributed by atoms with Crippen molar-refractivity contribution < 1.29 is 9.53 Å². The van der Waals surface area contributed by atoms with Crippen molar-refractivity contribution in [3.8, 4) is 17.3 Å².